The lowest BCUT2D eigenvalue weighted by atomic mass is 10.2. The van der Waals surface area contributed by atoms with Crippen molar-refractivity contribution < 1.29 is 13.2 Å². The lowest BCUT2D eigenvalue weighted by Gasteiger charge is -2.13. The first-order valence-electron chi connectivity index (χ1n) is 7.27. The van der Waals surface area contributed by atoms with Gasteiger partial charge < -0.3 is 15.0 Å². The predicted octanol–water partition coefficient (Wildman–Crippen LogP) is 1.89. The number of sulfonamides is 1. The average molecular weight is 347 g/mol. The first-order valence-corrected chi connectivity index (χ1v) is 8.82. The second-order valence-corrected chi connectivity index (χ2v) is 6.65. The number of rotatable bonds is 6. The second kappa shape index (κ2) is 6.56. The summed E-state index contributed by atoms with van der Waals surface area (Å²) in [5.41, 5.74) is 2.05. The largest absolute Gasteiger partial charge is 0.377 e. The van der Waals surface area contributed by atoms with Gasteiger partial charge in [0.25, 0.3) is 0 Å². The number of fused-ring (bicyclic) bond motifs is 1. The number of anilines is 2. The van der Waals surface area contributed by atoms with E-state index >= 15 is 0 Å². The van der Waals surface area contributed by atoms with Crippen LogP contribution in [0.4, 0.5) is 11.5 Å². The highest BCUT2D eigenvalue weighted by molar-refractivity contribution is 7.89. The maximum absolute atomic E-state index is 11.6. The number of nitrogens with zero attached hydrogens (tertiary/aromatic N) is 2. The minimum atomic E-state index is -3.81. The molecule has 0 amide bonds. The summed E-state index contributed by atoms with van der Waals surface area (Å²) < 4.78 is 28.7. The fraction of sp³-hybridized carbons (Fsp3) is 0.200. The molecule has 126 valence electrons. The number of primary sulfonamides is 1. The van der Waals surface area contributed by atoms with Gasteiger partial charge in [-0.3, -0.25) is 0 Å². The maximum atomic E-state index is 11.6. The van der Waals surface area contributed by atoms with E-state index in [1.54, 1.807) is 12.3 Å². The normalized spacial score (nSPS) is 11.8. The quantitative estimate of drug-likeness (QED) is 0.625. The van der Waals surface area contributed by atoms with Crippen LogP contribution >= 0.6 is 0 Å². The topological polar surface area (TPSA) is 123 Å². The van der Waals surface area contributed by atoms with Gasteiger partial charge in [0.15, 0.2) is 0 Å². The van der Waals surface area contributed by atoms with Crippen LogP contribution < -0.4 is 10.5 Å². The van der Waals surface area contributed by atoms with Gasteiger partial charge in [0.2, 0.25) is 10.0 Å². The first kappa shape index (κ1) is 16.4. The van der Waals surface area contributed by atoms with Gasteiger partial charge in [-0.15, -0.1) is 0 Å². The van der Waals surface area contributed by atoms with E-state index in [0.717, 1.165) is 10.9 Å². The molecule has 9 heteroatoms. The van der Waals surface area contributed by atoms with Gasteiger partial charge in [0.05, 0.1) is 16.9 Å². The number of hydrogen-bond donors (Lipinski definition) is 3. The van der Waals surface area contributed by atoms with E-state index < -0.39 is 10.0 Å². The summed E-state index contributed by atoms with van der Waals surface area (Å²) in [4.78, 5) is 11.4. The molecule has 0 aliphatic rings. The van der Waals surface area contributed by atoms with Gasteiger partial charge in [0, 0.05) is 24.1 Å². The minimum Gasteiger partial charge on any atom is -0.377 e. The molecule has 0 bridgehead atoms. The molecule has 2 heterocycles. The van der Waals surface area contributed by atoms with Crippen LogP contribution in [0.2, 0.25) is 0 Å². The zero-order chi connectivity index (χ0) is 17.2. The lowest BCUT2D eigenvalue weighted by Crippen LogP contribution is -2.13. The minimum absolute atomic E-state index is 0.0182. The number of H-pyrrole nitrogens is 1. The van der Waals surface area contributed by atoms with E-state index in [0.29, 0.717) is 30.4 Å². The third-order valence-electron chi connectivity index (χ3n) is 3.48. The predicted molar refractivity (Wildman–Crippen MR) is 90.3 cm³/mol. The van der Waals surface area contributed by atoms with Crippen molar-refractivity contribution in [3.05, 3.63) is 42.4 Å². The van der Waals surface area contributed by atoms with E-state index in [1.165, 1.54) is 18.5 Å². The van der Waals surface area contributed by atoms with Gasteiger partial charge in [-0.25, -0.2) is 23.5 Å². The Hall–Kier alpha value is -2.49. The Kier molecular flexibility index (Phi) is 4.47. The smallest absolute Gasteiger partial charge is 0.238 e. The summed E-state index contributed by atoms with van der Waals surface area (Å²) in [6.45, 7) is 2.77. The molecule has 3 rings (SSSR count). The van der Waals surface area contributed by atoms with E-state index in [-0.39, 0.29) is 4.90 Å². The highest BCUT2D eigenvalue weighted by atomic mass is 32.2. The van der Waals surface area contributed by atoms with Gasteiger partial charge in [-0.05, 0) is 25.1 Å². The van der Waals surface area contributed by atoms with Crippen LogP contribution in [0.1, 0.15) is 12.5 Å². The van der Waals surface area contributed by atoms with Crippen molar-refractivity contribution in [3.8, 4) is 0 Å². The Morgan fingerprint density at radius 1 is 1.29 bits per heavy atom. The van der Waals surface area contributed by atoms with Crippen LogP contribution in [0.25, 0.3) is 11.0 Å². The van der Waals surface area contributed by atoms with Gasteiger partial charge in [0.1, 0.15) is 17.8 Å². The number of ether oxygens (including phenoxy) is 1. The molecule has 0 atom stereocenters. The van der Waals surface area contributed by atoms with Crippen LogP contribution in [0.3, 0.4) is 0 Å². The molecule has 0 fully saturated rings. The number of aromatic nitrogens is 3. The zero-order valence-corrected chi connectivity index (χ0v) is 13.8. The third-order valence-corrected chi connectivity index (χ3v) is 4.39. The Balaban J connectivity index is 2.05. The zero-order valence-electron chi connectivity index (χ0n) is 13.0. The van der Waals surface area contributed by atoms with Crippen molar-refractivity contribution in [2.45, 2.75) is 18.4 Å². The Morgan fingerprint density at radius 3 is 2.88 bits per heavy atom. The van der Waals surface area contributed by atoms with Crippen molar-refractivity contribution in [1.29, 1.82) is 0 Å². The molecule has 4 N–H and O–H groups in total. The van der Waals surface area contributed by atoms with E-state index in [2.05, 4.69) is 20.3 Å². The van der Waals surface area contributed by atoms with Crippen molar-refractivity contribution in [3.63, 3.8) is 0 Å². The summed E-state index contributed by atoms with van der Waals surface area (Å²) >= 11 is 0. The molecule has 0 saturated carbocycles. The number of benzene rings is 1. The standard InChI is InChI=1S/C15H17N5O3S/c1-2-23-8-10-3-4-11(24(16,21)22)7-13(10)20-15-12-5-6-17-14(12)18-9-19-15/h3-7,9H,2,8H2,1H3,(H2,16,21,22)(H2,17,18,19,20). The number of nitrogens with two attached hydrogens (primary N) is 1. The van der Waals surface area contributed by atoms with Gasteiger partial charge in [-0.1, -0.05) is 6.07 Å². The van der Waals surface area contributed by atoms with Crippen molar-refractivity contribution >= 4 is 32.6 Å². The molecule has 8 nitrogen and oxygen atoms in total. The molecule has 3 aromatic rings. The van der Waals surface area contributed by atoms with Crippen LogP contribution in [-0.2, 0) is 21.4 Å². The van der Waals surface area contributed by atoms with E-state index in [4.69, 9.17) is 9.88 Å². The SMILES string of the molecule is CCOCc1ccc(S(N)(=O)=O)cc1Nc1ncnc2[nH]ccc12. The maximum Gasteiger partial charge on any atom is 0.238 e. The van der Waals surface area contributed by atoms with Gasteiger partial charge in [-0.2, -0.15) is 0 Å². The monoisotopic (exact) mass is 347 g/mol. The number of nitrogens with one attached hydrogen (secondary N) is 2. The molecule has 2 aromatic heterocycles. The average Bonchev–Trinajstić information content (AvgIpc) is 3.02. The summed E-state index contributed by atoms with van der Waals surface area (Å²) in [5.74, 6) is 0.561. The highest BCUT2D eigenvalue weighted by Crippen LogP contribution is 2.27. The van der Waals surface area contributed by atoms with E-state index in [1.807, 2.05) is 13.0 Å². The highest BCUT2D eigenvalue weighted by Gasteiger charge is 2.13. The van der Waals surface area contributed by atoms with Crippen molar-refractivity contribution in [2.24, 2.45) is 5.14 Å². The third kappa shape index (κ3) is 3.37. The molecule has 0 aliphatic heterocycles. The number of hydrogen-bond acceptors (Lipinski definition) is 6. The second-order valence-electron chi connectivity index (χ2n) is 5.09. The molecule has 0 unspecified atom stereocenters. The Bertz CT molecular complexity index is 968. The summed E-state index contributed by atoms with van der Waals surface area (Å²) in [7, 11) is -3.81. The van der Waals surface area contributed by atoms with Crippen LogP contribution in [0.15, 0.2) is 41.7 Å². The molecule has 0 aliphatic carbocycles. The molecule has 24 heavy (non-hydrogen) atoms. The van der Waals surface area contributed by atoms with Crippen molar-refractivity contribution in [1.82, 2.24) is 15.0 Å². The van der Waals surface area contributed by atoms with E-state index in [9.17, 15) is 8.42 Å². The molecule has 0 saturated heterocycles. The Labute approximate surface area is 139 Å². The summed E-state index contributed by atoms with van der Waals surface area (Å²) in [5, 5.41) is 9.17. The van der Waals surface area contributed by atoms with Crippen LogP contribution in [0, 0.1) is 0 Å². The van der Waals surface area contributed by atoms with Gasteiger partial charge >= 0.3 is 0 Å². The molecular formula is C15H17N5O3S. The molecule has 0 radical (unpaired) electrons. The molecule has 1 aromatic carbocycles. The summed E-state index contributed by atoms with van der Waals surface area (Å²) in [6, 6.07) is 6.45. The number of aromatic amines is 1. The summed E-state index contributed by atoms with van der Waals surface area (Å²) in [6.07, 6.45) is 3.18. The van der Waals surface area contributed by atoms with Crippen molar-refractivity contribution in [2.75, 3.05) is 11.9 Å². The lowest BCUT2D eigenvalue weighted by molar-refractivity contribution is 0.134. The first-order chi connectivity index (χ1) is 11.5. The fourth-order valence-corrected chi connectivity index (χ4v) is 2.83. The van der Waals surface area contributed by atoms with Crippen LogP contribution in [0.5, 0.6) is 0 Å². The molecular weight excluding hydrogens is 330 g/mol. The Morgan fingerprint density at radius 2 is 2.12 bits per heavy atom. The van der Waals surface area contributed by atoms with Crippen LogP contribution in [-0.4, -0.2) is 30.0 Å². The molecule has 0 spiro atoms. The fourth-order valence-electron chi connectivity index (χ4n) is 2.29.